The number of nitrogens with one attached hydrogen (secondary N) is 1. The minimum absolute atomic E-state index is 0.0337. The number of amides is 1. The topological polar surface area (TPSA) is 95.9 Å². The molecule has 7 nitrogen and oxygen atoms in total. The van der Waals surface area contributed by atoms with Crippen molar-refractivity contribution < 1.29 is 23.1 Å². The number of rotatable bonds is 6. The Morgan fingerprint density at radius 1 is 0.941 bits per heavy atom. The second-order valence-corrected chi connectivity index (χ2v) is 11.4. The number of phenolic OH excluding ortho intramolecular Hbond substituents is 1. The van der Waals surface area contributed by atoms with Crippen LogP contribution in [-0.4, -0.2) is 49.6 Å². The highest BCUT2D eigenvalue weighted by molar-refractivity contribution is 7.90. The normalized spacial score (nSPS) is 22.3. The Bertz CT molecular complexity index is 1110. The molecule has 2 aliphatic rings. The summed E-state index contributed by atoms with van der Waals surface area (Å²) in [5, 5.41) is 10.3. The number of aromatic hydroxyl groups is 1. The molecule has 1 aliphatic carbocycles. The largest absolute Gasteiger partial charge is 0.508 e. The molecule has 2 fully saturated rings. The van der Waals surface area contributed by atoms with E-state index in [9.17, 15) is 18.3 Å². The number of piperidine rings is 1. The Balaban J connectivity index is 1.23. The van der Waals surface area contributed by atoms with Crippen molar-refractivity contribution in [1.82, 2.24) is 9.62 Å². The van der Waals surface area contributed by atoms with Gasteiger partial charge in [0.2, 0.25) is 5.91 Å². The lowest BCUT2D eigenvalue weighted by Gasteiger charge is -2.40. The number of carbonyl (C=O) groups is 1. The average molecular weight is 527 g/mol. The zero-order valence-corrected chi connectivity index (χ0v) is 21.0. The molecule has 0 atom stereocenters. The summed E-state index contributed by atoms with van der Waals surface area (Å²) in [6.45, 7) is 1.84. The first kappa shape index (κ1) is 25.1. The number of hydrogen-bond acceptors (Lipinski definition) is 6. The van der Waals surface area contributed by atoms with E-state index in [1.54, 1.807) is 12.1 Å². The van der Waals surface area contributed by atoms with Gasteiger partial charge in [-0.1, -0.05) is 23.2 Å². The summed E-state index contributed by atoms with van der Waals surface area (Å²) >= 11 is 12.0. The van der Waals surface area contributed by atoms with Crippen LogP contribution < -0.4 is 9.46 Å². The number of benzene rings is 2. The van der Waals surface area contributed by atoms with Crippen LogP contribution in [0.25, 0.3) is 0 Å². The monoisotopic (exact) mass is 526 g/mol. The molecule has 2 N–H and O–H groups in total. The van der Waals surface area contributed by atoms with Crippen molar-refractivity contribution in [2.24, 2.45) is 5.92 Å². The molecule has 1 saturated heterocycles. The molecule has 0 unspecified atom stereocenters. The third-order valence-electron chi connectivity index (χ3n) is 6.64. The summed E-state index contributed by atoms with van der Waals surface area (Å²) < 4.78 is 33.2. The molecule has 0 radical (unpaired) electrons. The number of sulfonamides is 1. The fraction of sp³-hybridized carbons (Fsp3) is 0.458. The predicted molar refractivity (Wildman–Crippen MR) is 131 cm³/mol. The molecule has 1 heterocycles. The summed E-state index contributed by atoms with van der Waals surface area (Å²) in [4.78, 5) is 15.0. The number of ether oxygens (including phenoxy) is 1. The quantitative estimate of drug-likeness (QED) is 0.570. The average Bonchev–Trinajstić information content (AvgIpc) is 2.82. The van der Waals surface area contributed by atoms with Gasteiger partial charge in [0.1, 0.15) is 17.6 Å². The lowest BCUT2D eigenvalue weighted by atomic mass is 9.84. The van der Waals surface area contributed by atoms with Crippen molar-refractivity contribution in [2.75, 3.05) is 13.1 Å². The van der Waals surface area contributed by atoms with Crippen LogP contribution >= 0.6 is 23.2 Å². The molecule has 0 spiro atoms. The van der Waals surface area contributed by atoms with Crippen molar-refractivity contribution in [3.63, 3.8) is 0 Å². The van der Waals surface area contributed by atoms with Gasteiger partial charge in [-0.05, 0) is 74.9 Å². The molecule has 34 heavy (non-hydrogen) atoms. The third kappa shape index (κ3) is 6.16. The van der Waals surface area contributed by atoms with E-state index < -0.39 is 15.9 Å². The Morgan fingerprint density at radius 2 is 1.59 bits per heavy atom. The van der Waals surface area contributed by atoms with Gasteiger partial charge in [0.25, 0.3) is 10.0 Å². The molecule has 10 heteroatoms. The molecule has 184 valence electrons. The number of nitrogens with zero attached hydrogens (tertiary/aromatic N) is 1. The summed E-state index contributed by atoms with van der Waals surface area (Å²) in [5.41, 5.74) is 0. The maximum absolute atomic E-state index is 12.6. The van der Waals surface area contributed by atoms with Gasteiger partial charge in [0, 0.05) is 31.1 Å². The predicted octanol–water partition coefficient (Wildman–Crippen LogP) is 4.61. The second kappa shape index (κ2) is 10.7. The van der Waals surface area contributed by atoms with Crippen molar-refractivity contribution >= 4 is 39.1 Å². The Morgan fingerprint density at radius 3 is 2.21 bits per heavy atom. The Kier molecular flexibility index (Phi) is 7.92. The zero-order chi connectivity index (χ0) is 24.3. The summed E-state index contributed by atoms with van der Waals surface area (Å²) in [6.07, 6.45) is 4.96. The highest BCUT2D eigenvalue weighted by Gasteiger charge is 2.33. The molecule has 1 amide bonds. The van der Waals surface area contributed by atoms with Gasteiger partial charge in [-0.3, -0.25) is 4.79 Å². The van der Waals surface area contributed by atoms with Crippen LogP contribution in [0.1, 0.15) is 38.5 Å². The lowest BCUT2D eigenvalue weighted by Crippen LogP contribution is -2.46. The van der Waals surface area contributed by atoms with Crippen molar-refractivity contribution in [1.29, 1.82) is 0 Å². The maximum Gasteiger partial charge on any atom is 0.264 e. The molecule has 2 aromatic carbocycles. The van der Waals surface area contributed by atoms with E-state index in [-0.39, 0.29) is 22.7 Å². The van der Waals surface area contributed by atoms with E-state index in [0.29, 0.717) is 28.9 Å². The number of halogens is 2. The SMILES string of the molecule is O=C(NS(=O)(=O)c1ccc(O)cc1)C1CCC(N2CCC(Oc3ccc(Cl)c(Cl)c3)CC2)CC1. The lowest BCUT2D eigenvalue weighted by molar-refractivity contribution is -0.124. The van der Waals surface area contributed by atoms with Gasteiger partial charge in [0.05, 0.1) is 14.9 Å². The van der Waals surface area contributed by atoms with E-state index in [4.69, 9.17) is 27.9 Å². The summed E-state index contributed by atoms with van der Waals surface area (Å²) in [7, 11) is -3.95. The molecule has 2 aromatic rings. The zero-order valence-electron chi connectivity index (χ0n) is 18.6. The van der Waals surface area contributed by atoms with Gasteiger partial charge >= 0.3 is 0 Å². The van der Waals surface area contributed by atoms with E-state index in [2.05, 4.69) is 9.62 Å². The van der Waals surface area contributed by atoms with Crippen LogP contribution in [0.2, 0.25) is 10.0 Å². The molecular weight excluding hydrogens is 499 g/mol. The van der Waals surface area contributed by atoms with Gasteiger partial charge in [-0.2, -0.15) is 0 Å². The fourth-order valence-corrected chi connectivity index (χ4v) is 6.04. The highest BCUT2D eigenvalue weighted by Crippen LogP contribution is 2.32. The number of carbonyl (C=O) groups excluding carboxylic acids is 1. The van der Waals surface area contributed by atoms with Gasteiger partial charge < -0.3 is 14.7 Å². The van der Waals surface area contributed by atoms with Gasteiger partial charge in [0.15, 0.2) is 0 Å². The first-order valence-corrected chi connectivity index (χ1v) is 13.7. The second-order valence-electron chi connectivity index (χ2n) is 8.90. The van der Waals surface area contributed by atoms with Crippen LogP contribution in [0.3, 0.4) is 0 Å². The van der Waals surface area contributed by atoms with Crippen LogP contribution in [0.4, 0.5) is 0 Å². The molecule has 4 rings (SSSR count). The van der Waals surface area contributed by atoms with Crippen LogP contribution in [-0.2, 0) is 14.8 Å². The number of phenols is 1. The summed E-state index contributed by atoms with van der Waals surface area (Å²) in [5.74, 6) is -0.0888. The van der Waals surface area contributed by atoms with E-state index in [1.165, 1.54) is 24.3 Å². The minimum Gasteiger partial charge on any atom is -0.508 e. The minimum atomic E-state index is -3.95. The third-order valence-corrected chi connectivity index (χ3v) is 8.74. The molecule has 1 saturated carbocycles. The first-order chi connectivity index (χ1) is 16.2. The van der Waals surface area contributed by atoms with E-state index in [0.717, 1.165) is 44.5 Å². The van der Waals surface area contributed by atoms with Gasteiger partial charge in [-0.25, -0.2) is 13.1 Å². The van der Waals surface area contributed by atoms with Gasteiger partial charge in [-0.15, -0.1) is 0 Å². The molecule has 0 bridgehead atoms. The van der Waals surface area contributed by atoms with E-state index in [1.807, 2.05) is 6.07 Å². The Hall–Kier alpha value is -2.00. The van der Waals surface area contributed by atoms with Crippen molar-refractivity contribution in [2.45, 2.75) is 55.6 Å². The maximum atomic E-state index is 12.6. The Labute approximate surface area is 210 Å². The number of likely N-dealkylation sites (tertiary alicyclic amines) is 1. The standard InChI is InChI=1S/C24H28Cl2N2O5S/c25-22-10-7-20(15-23(22)26)33-19-11-13-28(14-12-19)17-3-1-16(2-4-17)24(30)27-34(31,32)21-8-5-18(29)6-9-21/h5-10,15-17,19,29H,1-4,11-14H2,(H,27,30). The molecular formula is C24H28Cl2N2O5S. The first-order valence-electron chi connectivity index (χ1n) is 11.4. The van der Waals surface area contributed by atoms with Crippen molar-refractivity contribution in [3.8, 4) is 11.5 Å². The number of hydrogen-bond donors (Lipinski definition) is 2. The summed E-state index contributed by atoms with van der Waals surface area (Å²) in [6, 6.07) is 10.8. The molecule has 1 aliphatic heterocycles. The smallest absolute Gasteiger partial charge is 0.264 e. The van der Waals surface area contributed by atoms with Crippen LogP contribution in [0.5, 0.6) is 11.5 Å². The van der Waals surface area contributed by atoms with Crippen molar-refractivity contribution in [3.05, 3.63) is 52.5 Å². The van der Waals surface area contributed by atoms with Crippen LogP contribution in [0.15, 0.2) is 47.4 Å². The van der Waals surface area contributed by atoms with E-state index >= 15 is 0 Å². The fourth-order valence-electron chi connectivity index (χ4n) is 4.70. The highest BCUT2D eigenvalue weighted by atomic mass is 35.5. The van der Waals surface area contributed by atoms with Crippen LogP contribution in [0, 0.1) is 5.92 Å². The molecule has 0 aromatic heterocycles.